The number of halogens is 2. The number of benzene rings is 1. The van der Waals surface area contributed by atoms with E-state index in [1.54, 1.807) is 30.5 Å². The minimum absolute atomic E-state index is 0.384. The molecular formula is C16H14BrClN2O3S. The molecule has 1 atom stereocenters. The Kier molecular flexibility index (Phi) is 4.70. The second-order valence-electron chi connectivity index (χ2n) is 5.52. The summed E-state index contributed by atoms with van der Waals surface area (Å²) in [6.07, 6.45) is 1.53. The first-order chi connectivity index (χ1) is 11.3. The molecule has 8 heteroatoms. The van der Waals surface area contributed by atoms with Gasteiger partial charge in [-0.05, 0) is 40.2 Å². The highest BCUT2D eigenvalue weighted by molar-refractivity contribution is 9.10. The van der Waals surface area contributed by atoms with Crippen LogP contribution in [0.15, 0.2) is 41.0 Å². The molecule has 0 amide bonds. The van der Waals surface area contributed by atoms with Crippen LogP contribution in [0.3, 0.4) is 0 Å². The molecule has 2 aromatic heterocycles. The number of nitrogens with zero attached hydrogens (tertiary/aromatic N) is 1. The third-order valence-electron chi connectivity index (χ3n) is 3.60. The van der Waals surface area contributed by atoms with Crippen LogP contribution in [-0.4, -0.2) is 35.5 Å². The lowest BCUT2D eigenvalue weighted by Crippen LogP contribution is -2.13. The van der Waals surface area contributed by atoms with Gasteiger partial charge in [-0.1, -0.05) is 17.7 Å². The lowest BCUT2D eigenvalue weighted by Gasteiger charge is -2.11. The van der Waals surface area contributed by atoms with Crippen molar-refractivity contribution in [2.24, 2.45) is 0 Å². The van der Waals surface area contributed by atoms with Gasteiger partial charge in [0.05, 0.1) is 22.2 Å². The summed E-state index contributed by atoms with van der Waals surface area (Å²) in [5.41, 5.74) is 2.39. The van der Waals surface area contributed by atoms with E-state index in [0.29, 0.717) is 26.4 Å². The highest BCUT2D eigenvalue weighted by Gasteiger charge is 2.25. The van der Waals surface area contributed by atoms with Crippen LogP contribution in [0.1, 0.15) is 11.8 Å². The van der Waals surface area contributed by atoms with E-state index < -0.39 is 15.9 Å². The van der Waals surface area contributed by atoms with E-state index >= 15 is 0 Å². The molecule has 0 radical (unpaired) electrons. The van der Waals surface area contributed by atoms with Crippen molar-refractivity contribution >= 4 is 48.3 Å². The molecular weight excluding hydrogens is 416 g/mol. The van der Waals surface area contributed by atoms with Gasteiger partial charge in [0.15, 0.2) is 0 Å². The Morgan fingerprint density at radius 1 is 1.33 bits per heavy atom. The number of hydrogen-bond acceptors (Lipinski definition) is 4. The van der Waals surface area contributed by atoms with E-state index in [9.17, 15) is 13.5 Å². The molecule has 1 unspecified atom stereocenters. The zero-order valence-electron chi connectivity index (χ0n) is 12.6. The maximum atomic E-state index is 11.6. The van der Waals surface area contributed by atoms with E-state index in [0.717, 1.165) is 17.2 Å². The van der Waals surface area contributed by atoms with Crippen LogP contribution < -0.4 is 0 Å². The largest absolute Gasteiger partial charge is 0.386 e. The number of pyridine rings is 1. The Hall–Kier alpha value is -1.41. The summed E-state index contributed by atoms with van der Waals surface area (Å²) in [6, 6.07) is 8.91. The SMILES string of the molecule is CS(=O)(=O)CC(O)c1[nH]c2ccc(Cl)c(Br)c2c1-c1ccccn1. The molecule has 3 rings (SSSR count). The third-order valence-corrected chi connectivity index (χ3v) is 5.89. The van der Waals surface area contributed by atoms with Crippen molar-refractivity contribution < 1.29 is 13.5 Å². The molecule has 0 bridgehead atoms. The van der Waals surface area contributed by atoms with Crippen molar-refractivity contribution in [1.29, 1.82) is 0 Å². The van der Waals surface area contributed by atoms with Crippen molar-refractivity contribution in [1.82, 2.24) is 9.97 Å². The number of sulfone groups is 1. The molecule has 0 aliphatic heterocycles. The van der Waals surface area contributed by atoms with Crippen LogP contribution in [0.2, 0.25) is 5.02 Å². The van der Waals surface area contributed by atoms with Crippen LogP contribution in [0.4, 0.5) is 0 Å². The second kappa shape index (κ2) is 6.48. The van der Waals surface area contributed by atoms with Gasteiger partial charge >= 0.3 is 0 Å². The van der Waals surface area contributed by atoms with Crippen molar-refractivity contribution in [2.75, 3.05) is 12.0 Å². The molecule has 126 valence electrons. The van der Waals surface area contributed by atoms with Crippen LogP contribution in [0, 0.1) is 0 Å². The lowest BCUT2D eigenvalue weighted by atomic mass is 10.0. The van der Waals surface area contributed by atoms with Gasteiger partial charge in [-0.2, -0.15) is 0 Å². The van der Waals surface area contributed by atoms with E-state index in [4.69, 9.17) is 11.6 Å². The van der Waals surface area contributed by atoms with Crippen LogP contribution in [-0.2, 0) is 9.84 Å². The molecule has 0 aliphatic carbocycles. The molecule has 0 saturated carbocycles. The first-order valence-corrected chi connectivity index (χ1v) is 10.3. The van der Waals surface area contributed by atoms with Crippen molar-refractivity contribution in [3.63, 3.8) is 0 Å². The highest BCUT2D eigenvalue weighted by Crippen LogP contribution is 2.41. The second-order valence-corrected chi connectivity index (χ2v) is 8.91. The first-order valence-electron chi connectivity index (χ1n) is 7.04. The smallest absolute Gasteiger partial charge is 0.150 e. The molecule has 24 heavy (non-hydrogen) atoms. The number of rotatable bonds is 4. The molecule has 1 aromatic carbocycles. The molecule has 5 nitrogen and oxygen atoms in total. The molecule has 0 saturated heterocycles. The number of aliphatic hydroxyl groups is 1. The molecule has 0 aliphatic rings. The number of aromatic nitrogens is 2. The molecule has 2 heterocycles. The van der Waals surface area contributed by atoms with Gasteiger partial charge in [0.25, 0.3) is 0 Å². The number of nitrogens with one attached hydrogen (secondary N) is 1. The van der Waals surface area contributed by atoms with Gasteiger partial charge < -0.3 is 10.1 Å². The summed E-state index contributed by atoms with van der Waals surface area (Å²) in [4.78, 5) is 7.45. The zero-order valence-corrected chi connectivity index (χ0v) is 15.8. The molecule has 2 N–H and O–H groups in total. The Labute approximate surface area is 152 Å². The fourth-order valence-electron chi connectivity index (χ4n) is 2.64. The fraction of sp³-hybridized carbons (Fsp3) is 0.188. The third kappa shape index (κ3) is 3.35. The van der Waals surface area contributed by atoms with Crippen molar-refractivity contribution in [2.45, 2.75) is 6.10 Å². The number of hydrogen-bond donors (Lipinski definition) is 2. The number of aliphatic hydroxyl groups excluding tert-OH is 1. The summed E-state index contributed by atoms with van der Waals surface area (Å²) in [5, 5.41) is 11.7. The average Bonchev–Trinajstić information content (AvgIpc) is 2.90. The molecule has 0 spiro atoms. The highest BCUT2D eigenvalue weighted by atomic mass is 79.9. The normalized spacial score (nSPS) is 13.3. The summed E-state index contributed by atoms with van der Waals surface area (Å²) >= 11 is 9.68. The van der Waals surface area contributed by atoms with E-state index in [2.05, 4.69) is 25.9 Å². The standard InChI is InChI=1S/C16H14BrClN2O3S/c1-24(22,23)8-12(21)16-14(10-4-2-3-7-19-10)13-11(20-16)6-5-9(18)15(13)17/h2-7,12,20-21H,8H2,1H3. The van der Waals surface area contributed by atoms with Gasteiger partial charge in [0, 0.05) is 33.4 Å². The van der Waals surface area contributed by atoms with Gasteiger partial charge in [-0.25, -0.2) is 8.42 Å². The average molecular weight is 430 g/mol. The quantitative estimate of drug-likeness (QED) is 0.662. The maximum Gasteiger partial charge on any atom is 0.150 e. The number of H-pyrrole nitrogens is 1. The zero-order chi connectivity index (χ0) is 17.5. The molecule has 0 fully saturated rings. The molecule has 3 aromatic rings. The summed E-state index contributed by atoms with van der Waals surface area (Å²) in [7, 11) is -3.35. The number of aromatic amines is 1. The van der Waals surface area contributed by atoms with Gasteiger partial charge in [0.1, 0.15) is 15.9 Å². The van der Waals surface area contributed by atoms with Gasteiger partial charge in [0.2, 0.25) is 0 Å². The number of fused-ring (bicyclic) bond motifs is 1. The summed E-state index contributed by atoms with van der Waals surface area (Å²) < 4.78 is 23.8. The van der Waals surface area contributed by atoms with E-state index in [1.807, 2.05) is 6.07 Å². The van der Waals surface area contributed by atoms with Crippen LogP contribution in [0.5, 0.6) is 0 Å². The maximum absolute atomic E-state index is 11.6. The monoisotopic (exact) mass is 428 g/mol. The van der Waals surface area contributed by atoms with E-state index in [1.165, 1.54) is 0 Å². The first kappa shape index (κ1) is 17.4. The lowest BCUT2D eigenvalue weighted by molar-refractivity contribution is 0.198. The van der Waals surface area contributed by atoms with Crippen LogP contribution >= 0.6 is 27.5 Å². The topological polar surface area (TPSA) is 83.0 Å². The minimum atomic E-state index is -3.35. The van der Waals surface area contributed by atoms with Gasteiger partial charge in [-0.3, -0.25) is 4.98 Å². The van der Waals surface area contributed by atoms with Crippen molar-refractivity contribution in [3.05, 3.63) is 51.7 Å². The minimum Gasteiger partial charge on any atom is -0.386 e. The Morgan fingerprint density at radius 2 is 2.08 bits per heavy atom. The summed E-state index contributed by atoms with van der Waals surface area (Å²) in [5.74, 6) is -0.384. The predicted molar refractivity (Wildman–Crippen MR) is 98.9 cm³/mol. The Bertz CT molecular complexity index is 1000. The van der Waals surface area contributed by atoms with E-state index in [-0.39, 0.29) is 5.75 Å². The summed E-state index contributed by atoms with van der Waals surface area (Å²) in [6.45, 7) is 0. The van der Waals surface area contributed by atoms with Gasteiger partial charge in [-0.15, -0.1) is 0 Å². The predicted octanol–water partition coefficient (Wildman–Crippen LogP) is 3.72. The van der Waals surface area contributed by atoms with Crippen molar-refractivity contribution in [3.8, 4) is 11.3 Å². The van der Waals surface area contributed by atoms with Crippen LogP contribution in [0.25, 0.3) is 22.2 Å². The Balaban J connectivity index is 2.31. The fourth-order valence-corrected chi connectivity index (χ4v) is 4.08. The Morgan fingerprint density at radius 3 is 2.71 bits per heavy atom.